The lowest BCUT2D eigenvalue weighted by Crippen LogP contribution is -2.61. The predicted molar refractivity (Wildman–Crippen MR) is 174 cm³/mol. The fourth-order valence-corrected chi connectivity index (χ4v) is 10.8. The van der Waals surface area contributed by atoms with Gasteiger partial charge < -0.3 is 9.64 Å². The highest BCUT2D eigenvalue weighted by atomic mass is 16.5. The van der Waals surface area contributed by atoms with Gasteiger partial charge in [-0.05, 0) is 91.8 Å². The number of fused-ring (bicyclic) bond motifs is 5. The van der Waals surface area contributed by atoms with Crippen LogP contribution in [0.15, 0.2) is 0 Å². The maximum absolute atomic E-state index is 12.6. The molecule has 3 aliphatic carbocycles. The lowest BCUT2D eigenvalue weighted by Gasteiger charge is -2.62. The molecule has 0 aromatic heterocycles. The Kier molecular flexibility index (Phi) is 12.7. The number of nitrogens with zero attached hydrogens (tertiary/aromatic N) is 1. The van der Waals surface area contributed by atoms with Crippen LogP contribution in [-0.4, -0.2) is 36.5 Å². The number of rotatable bonds is 17. The van der Waals surface area contributed by atoms with Crippen LogP contribution in [0.25, 0.3) is 0 Å². The van der Waals surface area contributed by atoms with Crippen molar-refractivity contribution in [1.82, 2.24) is 4.90 Å². The van der Waals surface area contributed by atoms with Gasteiger partial charge in [0.15, 0.2) is 0 Å². The van der Waals surface area contributed by atoms with Crippen molar-refractivity contribution in [1.29, 1.82) is 0 Å². The summed E-state index contributed by atoms with van der Waals surface area (Å²) in [5, 5.41) is 0. The van der Waals surface area contributed by atoms with Crippen molar-refractivity contribution in [3.63, 3.8) is 0 Å². The molecule has 1 aliphatic heterocycles. The molecule has 0 bridgehead atoms. The van der Waals surface area contributed by atoms with Crippen LogP contribution in [-0.2, 0) is 14.3 Å². The minimum Gasteiger partial charge on any atom is -0.465 e. The number of carbonyl (C=O) groups is 2. The number of hydrogen-bond donors (Lipinski definition) is 0. The van der Waals surface area contributed by atoms with Gasteiger partial charge in [-0.2, -0.15) is 0 Å². The summed E-state index contributed by atoms with van der Waals surface area (Å²) in [4.78, 5) is 27.2. The number of ether oxygens (including phenoxy) is 1. The maximum Gasteiger partial charge on any atom is 0.305 e. The van der Waals surface area contributed by atoms with Crippen LogP contribution in [0.2, 0.25) is 0 Å². The summed E-state index contributed by atoms with van der Waals surface area (Å²) in [7, 11) is 2.06. The number of amides is 1. The van der Waals surface area contributed by atoms with Gasteiger partial charge in [0.25, 0.3) is 0 Å². The lowest BCUT2D eigenvalue weighted by molar-refractivity contribution is -0.159. The second kappa shape index (κ2) is 15.8. The first-order valence-corrected chi connectivity index (χ1v) is 18.6. The van der Waals surface area contributed by atoms with E-state index in [0.717, 1.165) is 43.4 Å². The van der Waals surface area contributed by atoms with Gasteiger partial charge in [-0.1, -0.05) is 105 Å². The third-order valence-electron chi connectivity index (χ3n) is 13.3. The first-order valence-electron chi connectivity index (χ1n) is 18.6. The van der Waals surface area contributed by atoms with E-state index in [2.05, 4.69) is 39.6 Å². The molecule has 0 aromatic rings. The van der Waals surface area contributed by atoms with Crippen LogP contribution < -0.4 is 0 Å². The van der Waals surface area contributed by atoms with Gasteiger partial charge in [0.1, 0.15) is 0 Å². The van der Waals surface area contributed by atoms with Crippen molar-refractivity contribution in [2.75, 3.05) is 13.7 Å². The molecule has 4 nitrogen and oxygen atoms in total. The molecule has 242 valence electrons. The third-order valence-corrected chi connectivity index (χ3v) is 13.3. The monoisotopic (exact) mass is 586 g/mol. The quantitative estimate of drug-likeness (QED) is 0.126. The predicted octanol–water partition coefficient (Wildman–Crippen LogP) is 10.1. The van der Waals surface area contributed by atoms with Crippen LogP contribution in [0.5, 0.6) is 0 Å². The highest BCUT2D eigenvalue weighted by molar-refractivity contribution is 5.77. The second-order valence-electron chi connectivity index (χ2n) is 15.9. The molecule has 4 aliphatic rings. The minimum absolute atomic E-state index is 0.0237. The molecule has 3 saturated carbocycles. The molecular formula is C38H67NO3. The molecule has 0 radical (unpaired) electrons. The molecule has 4 rings (SSSR count). The molecule has 42 heavy (non-hydrogen) atoms. The normalized spacial score (nSPS) is 34.9. The number of carbonyl (C=O) groups excluding carboxylic acids is 2. The number of likely N-dealkylation sites (tertiary alicyclic amines) is 1. The largest absolute Gasteiger partial charge is 0.465 e. The molecule has 1 unspecified atom stereocenters. The molecule has 0 N–H and O–H groups in total. The molecule has 4 fully saturated rings. The summed E-state index contributed by atoms with van der Waals surface area (Å²) >= 11 is 0. The van der Waals surface area contributed by atoms with Gasteiger partial charge in [0.2, 0.25) is 5.91 Å². The molecule has 0 spiro atoms. The van der Waals surface area contributed by atoms with E-state index in [1.54, 1.807) is 0 Å². The Morgan fingerprint density at radius 1 is 0.810 bits per heavy atom. The van der Waals surface area contributed by atoms with Gasteiger partial charge >= 0.3 is 5.97 Å². The number of hydrogen-bond acceptors (Lipinski definition) is 3. The Morgan fingerprint density at radius 3 is 2.05 bits per heavy atom. The number of piperidine rings is 1. The minimum atomic E-state index is 0.0237. The molecule has 0 aromatic carbocycles. The third kappa shape index (κ3) is 7.77. The summed E-state index contributed by atoms with van der Waals surface area (Å²) in [6.07, 6.45) is 27.4. The summed E-state index contributed by atoms with van der Waals surface area (Å²) in [6.45, 7) is 10.3. The van der Waals surface area contributed by atoms with Crippen LogP contribution in [0, 0.1) is 40.4 Å². The average molecular weight is 586 g/mol. The standard InChI is InChI=1S/C38H67NO3/c1-6-7-8-9-10-11-12-13-14-15-16-17-18-19-36(41)42-28-29(2)31-21-22-32-30-20-23-34-38(4,27-25-35(40)39(34)5)33(30)24-26-37(31,32)3/h29-34H,6-28H2,1-5H3/t29?,30-,31+,32-,33-,34+,37+,38+/m0/s1. The van der Waals surface area contributed by atoms with Crippen molar-refractivity contribution in [2.45, 2.75) is 175 Å². The molecular weight excluding hydrogens is 518 g/mol. The van der Waals surface area contributed by atoms with Crippen molar-refractivity contribution < 1.29 is 14.3 Å². The van der Waals surface area contributed by atoms with Gasteiger partial charge in [-0.3, -0.25) is 9.59 Å². The Hall–Kier alpha value is -1.06. The van der Waals surface area contributed by atoms with E-state index in [-0.39, 0.29) is 5.97 Å². The van der Waals surface area contributed by atoms with Crippen molar-refractivity contribution in [3.05, 3.63) is 0 Å². The Balaban J connectivity index is 1.11. The Morgan fingerprint density at radius 2 is 1.40 bits per heavy atom. The van der Waals surface area contributed by atoms with Crippen molar-refractivity contribution >= 4 is 11.9 Å². The maximum atomic E-state index is 12.6. The molecule has 1 amide bonds. The fourth-order valence-electron chi connectivity index (χ4n) is 10.8. The smallest absolute Gasteiger partial charge is 0.305 e. The van der Waals surface area contributed by atoms with Gasteiger partial charge in [-0.25, -0.2) is 0 Å². The summed E-state index contributed by atoms with van der Waals surface area (Å²) < 4.78 is 5.89. The average Bonchev–Trinajstić information content (AvgIpc) is 3.33. The van der Waals surface area contributed by atoms with E-state index >= 15 is 0 Å². The highest BCUT2D eigenvalue weighted by Gasteiger charge is 2.61. The topological polar surface area (TPSA) is 46.6 Å². The zero-order valence-electron chi connectivity index (χ0n) is 28.4. The second-order valence-corrected chi connectivity index (χ2v) is 15.9. The van der Waals surface area contributed by atoms with Crippen LogP contribution >= 0.6 is 0 Å². The fraction of sp³-hybridized carbons (Fsp3) is 0.947. The van der Waals surface area contributed by atoms with E-state index in [4.69, 9.17) is 4.74 Å². The van der Waals surface area contributed by atoms with Crippen LogP contribution in [0.3, 0.4) is 0 Å². The lowest BCUT2D eigenvalue weighted by atomic mass is 9.46. The van der Waals surface area contributed by atoms with E-state index in [1.807, 2.05) is 0 Å². The van der Waals surface area contributed by atoms with E-state index in [1.165, 1.54) is 109 Å². The van der Waals surface area contributed by atoms with E-state index < -0.39 is 0 Å². The molecule has 1 saturated heterocycles. The summed E-state index contributed by atoms with van der Waals surface area (Å²) in [6, 6.07) is 0.440. The Bertz CT molecular complexity index is 857. The van der Waals surface area contributed by atoms with Gasteiger partial charge in [0, 0.05) is 25.9 Å². The van der Waals surface area contributed by atoms with Gasteiger partial charge in [-0.15, -0.1) is 0 Å². The van der Waals surface area contributed by atoms with E-state index in [9.17, 15) is 9.59 Å². The number of esters is 1. The zero-order valence-corrected chi connectivity index (χ0v) is 28.4. The van der Waals surface area contributed by atoms with Crippen molar-refractivity contribution in [3.8, 4) is 0 Å². The van der Waals surface area contributed by atoms with Crippen LogP contribution in [0.4, 0.5) is 0 Å². The number of unbranched alkanes of at least 4 members (excludes halogenated alkanes) is 12. The van der Waals surface area contributed by atoms with Gasteiger partial charge in [0.05, 0.1) is 6.61 Å². The molecule has 8 atom stereocenters. The molecule has 4 heteroatoms. The molecule has 1 heterocycles. The summed E-state index contributed by atoms with van der Waals surface area (Å²) in [5.41, 5.74) is 0.668. The van der Waals surface area contributed by atoms with E-state index in [0.29, 0.717) is 47.6 Å². The first kappa shape index (κ1) is 33.8. The first-order chi connectivity index (χ1) is 20.2. The van der Waals surface area contributed by atoms with Crippen LogP contribution in [0.1, 0.15) is 169 Å². The summed E-state index contributed by atoms with van der Waals surface area (Å²) in [5.74, 6) is 3.85. The highest BCUT2D eigenvalue weighted by Crippen LogP contribution is 2.67. The zero-order chi connectivity index (χ0) is 30.2. The Labute approximate surface area is 259 Å². The van der Waals surface area contributed by atoms with Crippen molar-refractivity contribution in [2.24, 2.45) is 40.4 Å². The SMILES string of the molecule is CCCCCCCCCCCCCCCC(=O)OCC(C)[C@H]1CC[C@H]2[C@@H]3CC[C@H]4N(C)C(=O)CC[C@]4(C)[C@H]3CC[C@]12C.